The zero-order valence-electron chi connectivity index (χ0n) is 11.9. The van der Waals surface area contributed by atoms with Crippen molar-refractivity contribution in [3.63, 3.8) is 0 Å². The lowest BCUT2D eigenvalue weighted by Gasteiger charge is -2.31. The number of hydrogen-bond donors (Lipinski definition) is 1. The van der Waals surface area contributed by atoms with Crippen molar-refractivity contribution in [2.45, 2.75) is 58.1 Å². The third kappa shape index (κ3) is 5.32. The van der Waals surface area contributed by atoms with Gasteiger partial charge in [0.05, 0.1) is 12.2 Å². The number of nitrogens with one attached hydrogen (secondary N) is 1. The standard InChI is InChI=1S/C14H23NO4/c1-5-18-12(16)10-8-6-7-9-11(10)15-13(17)19-14(2,3)4/h5,10-11H,1,6-9H2,2-4H3,(H,15,17)/t10-,11+/m1/s1. The fraction of sp³-hybridized carbons (Fsp3) is 0.714. The maximum absolute atomic E-state index is 11.8. The highest BCUT2D eigenvalue weighted by molar-refractivity contribution is 5.75. The van der Waals surface area contributed by atoms with Gasteiger partial charge in [-0.3, -0.25) is 4.79 Å². The zero-order valence-corrected chi connectivity index (χ0v) is 11.9. The van der Waals surface area contributed by atoms with Crippen molar-refractivity contribution in [3.8, 4) is 0 Å². The Balaban J connectivity index is 2.59. The fourth-order valence-electron chi connectivity index (χ4n) is 2.21. The van der Waals surface area contributed by atoms with Gasteiger partial charge < -0.3 is 14.8 Å². The van der Waals surface area contributed by atoms with Crippen LogP contribution in [0.2, 0.25) is 0 Å². The monoisotopic (exact) mass is 269 g/mol. The molecule has 5 heteroatoms. The molecule has 0 aromatic rings. The quantitative estimate of drug-likeness (QED) is 0.632. The molecule has 1 amide bonds. The molecule has 5 nitrogen and oxygen atoms in total. The molecule has 0 heterocycles. The number of carbonyl (C=O) groups excluding carboxylic acids is 2. The van der Waals surface area contributed by atoms with Crippen LogP contribution in [0.4, 0.5) is 4.79 Å². The third-order valence-electron chi connectivity index (χ3n) is 2.97. The van der Waals surface area contributed by atoms with Crippen LogP contribution in [0.3, 0.4) is 0 Å². The molecule has 1 rings (SSSR count). The Kier molecular flexibility index (Phi) is 5.39. The molecular weight excluding hydrogens is 246 g/mol. The average molecular weight is 269 g/mol. The molecule has 2 atom stereocenters. The number of esters is 1. The molecule has 1 fully saturated rings. The van der Waals surface area contributed by atoms with Crippen LogP contribution in [0.5, 0.6) is 0 Å². The van der Waals surface area contributed by atoms with Crippen molar-refractivity contribution < 1.29 is 19.1 Å². The summed E-state index contributed by atoms with van der Waals surface area (Å²) in [6.07, 6.45) is 4.06. The number of ether oxygens (including phenoxy) is 2. The van der Waals surface area contributed by atoms with E-state index in [0.717, 1.165) is 25.5 Å². The van der Waals surface area contributed by atoms with Gasteiger partial charge in [-0.05, 0) is 33.6 Å². The minimum absolute atomic E-state index is 0.226. The second-order valence-electron chi connectivity index (χ2n) is 5.75. The first kappa shape index (κ1) is 15.5. The molecule has 1 saturated carbocycles. The minimum atomic E-state index is -0.546. The Hall–Kier alpha value is -1.52. The van der Waals surface area contributed by atoms with Gasteiger partial charge in [-0.1, -0.05) is 19.4 Å². The summed E-state index contributed by atoms with van der Waals surface area (Å²) in [5.74, 6) is -0.657. The van der Waals surface area contributed by atoms with Gasteiger partial charge in [0.15, 0.2) is 0 Å². The van der Waals surface area contributed by atoms with Gasteiger partial charge in [0.1, 0.15) is 5.60 Å². The number of hydrogen-bond acceptors (Lipinski definition) is 4. The molecule has 0 radical (unpaired) electrons. The molecule has 0 saturated heterocycles. The SMILES string of the molecule is C=COC(=O)[C@@H]1CCCC[C@@H]1NC(=O)OC(C)(C)C. The normalized spacial score (nSPS) is 23.3. The lowest BCUT2D eigenvalue weighted by atomic mass is 9.84. The molecule has 108 valence electrons. The largest absolute Gasteiger partial charge is 0.444 e. The van der Waals surface area contributed by atoms with Crippen LogP contribution >= 0.6 is 0 Å². The summed E-state index contributed by atoms with van der Waals surface area (Å²) >= 11 is 0. The van der Waals surface area contributed by atoms with E-state index < -0.39 is 11.7 Å². The third-order valence-corrected chi connectivity index (χ3v) is 2.97. The summed E-state index contributed by atoms with van der Waals surface area (Å²) in [5, 5.41) is 2.77. The van der Waals surface area contributed by atoms with Gasteiger partial charge >= 0.3 is 12.1 Å². The van der Waals surface area contributed by atoms with Gasteiger partial charge in [0, 0.05) is 6.04 Å². The molecule has 0 aromatic carbocycles. The number of carbonyl (C=O) groups is 2. The number of alkyl carbamates (subject to hydrolysis) is 1. The van der Waals surface area contributed by atoms with E-state index in [-0.39, 0.29) is 17.9 Å². The van der Waals surface area contributed by atoms with E-state index in [0.29, 0.717) is 6.42 Å². The van der Waals surface area contributed by atoms with Crippen molar-refractivity contribution >= 4 is 12.1 Å². The van der Waals surface area contributed by atoms with E-state index >= 15 is 0 Å². The molecular formula is C14H23NO4. The molecule has 1 aliphatic rings. The van der Waals surface area contributed by atoms with E-state index in [9.17, 15) is 9.59 Å². The van der Waals surface area contributed by atoms with Crippen LogP contribution in [-0.4, -0.2) is 23.7 Å². The summed E-state index contributed by atoms with van der Waals surface area (Å²) < 4.78 is 10.0. The maximum Gasteiger partial charge on any atom is 0.407 e. The van der Waals surface area contributed by atoms with Crippen LogP contribution in [-0.2, 0) is 14.3 Å². The second kappa shape index (κ2) is 6.59. The Labute approximate surface area is 114 Å². The average Bonchev–Trinajstić information content (AvgIpc) is 2.27. The molecule has 19 heavy (non-hydrogen) atoms. The van der Waals surface area contributed by atoms with Gasteiger partial charge in [0.2, 0.25) is 0 Å². The highest BCUT2D eigenvalue weighted by Gasteiger charge is 2.33. The lowest BCUT2D eigenvalue weighted by molar-refractivity contribution is -0.144. The first-order valence-corrected chi connectivity index (χ1v) is 6.64. The summed E-state index contributed by atoms with van der Waals surface area (Å²) in [4.78, 5) is 23.5. The fourth-order valence-corrected chi connectivity index (χ4v) is 2.21. The Morgan fingerprint density at radius 3 is 2.47 bits per heavy atom. The zero-order chi connectivity index (χ0) is 14.5. The van der Waals surface area contributed by atoms with Gasteiger partial charge in [-0.25, -0.2) is 4.79 Å². The van der Waals surface area contributed by atoms with Crippen LogP contribution < -0.4 is 5.32 Å². The summed E-state index contributed by atoms with van der Waals surface area (Å²) in [7, 11) is 0. The second-order valence-corrected chi connectivity index (χ2v) is 5.75. The number of rotatable bonds is 3. The summed E-state index contributed by atoms with van der Waals surface area (Å²) in [5.41, 5.74) is -0.546. The van der Waals surface area contributed by atoms with E-state index in [4.69, 9.17) is 9.47 Å². The summed E-state index contributed by atoms with van der Waals surface area (Å²) in [6, 6.07) is -0.226. The van der Waals surface area contributed by atoms with Crippen molar-refractivity contribution in [2.75, 3.05) is 0 Å². The highest BCUT2D eigenvalue weighted by Crippen LogP contribution is 2.26. The van der Waals surface area contributed by atoms with Crippen LogP contribution in [0, 0.1) is 5.92 Å². The summed E-state index contributed by atoms with van der Waals surface area (Å²) in [6.45, 7) is 8.78. The molecule has 0 unspecified atom stereocenters. The smallest absolute Gasteiger partial charge is 0.407 e. The minimum Gasteiger partial charge on any atom is -0.444 e. The molecule has 1 N–H and O–H groups in total. The lowest BCUT2D eigenvalue weighted by Crippen LogP contribution is -2.47. The van der Waals surface area contributed by atoms with E-state index in [2.05, 4.69) is 11.9 Å². The van der Waals surface area contributed by atoms with Gasteiger partial charge in [0.25, 0.3) is 0 Å². The predicted molar refractivity (Wildman–Crippen MR) is 71.4 cm³/mol. The molecule has 0 bridgehead atoms. The van der Waals surface area contributed by atoms with Crippen molar-refractivity contribution in [2.24, 2.45) is 5.92 Å². The van der Waals surface area contributed by atoms with Gasteiger partial charge in [-0.15, -0.1) is 0 Å². The molecule has 1 aliphatic carbocycles. The Morgan fingerprint density at radius 1 is 1.26 bits per heavy atom. The topological polar surface area (TPSA) is 64.6 Å². The van der Waals surface area contributed by atoms with Crippen LogP contribution in [0.1, 0.15) is 46.5 Å². The molecule has 0 aliphatic heterocycles. The van der Waals surface area contributed by atoms with E-state index in [1.807, 2.05) is 0 Å². The first-order valence-electron chi connectivity index (χ1n) is 6.64. The van der Waals surface area contributed by atoms with Crippen molar-refractivity contribution in [1.82, 2.24) is 5.32 Å². The molecule has 0 spiro atoms. The highest BCUT2D eigenvalue weighted by atomic mass is 16.6. The first-order chi connectivity index (χ1) is 8.83. The van der Waals surface area contributed by atoms with Crippen LogP contribution in [0.25, 0.3) is 0 Å². The number of amides is 1. The van der Waals surface area contributed by atoms with Crippen molar-refractivity contribution in [1.29, 1.82) is 0 Å². The maximum atomic E-state index is 11.8. The predicted octanol–water partition coefficient (Wildman–Crippen LogP) is 2.76. The van der Waals surface area contributed by atoms with Gasteiger partial charge in [-0.2, -0.15) is 0 Å². The van der Waals surface area contributed by atoms with E-state index in [1.54, 1.807) is 20.8 Å². The van der Waals surface area contributed by atoms with Crippen LogP contribution in [0.15, 0.2) is 12.8 Å². The molecule has 0 aromatic heterocycles. The van der Waals surface area contributed by atoms with E-state index in [1.165, 1.54) is 0 Å². The Morgan fingerprint density at radius 2 is 1.89 bits per heavy atom. The Bertz CT molecular complexity index is 346. The van der Waals surface area contributed by atoms with Crippen molar-refractivity contribution in [3.05, 3.63) is 12.8 Å².